The molecule has 0 fully saturated rings. The molecule has 3 nitrogen and oxygen atoms in total. The SMILES string of the molecule is Cc1cccc(CCNC(=O)CCC(C)CCN)c1. The number of carbonyl (C=O) groups excluding carboxylic acids is 1. The summed E-state index contributed by atoms with van der Waals surface area (Å²) in [7, 11) is 0. The van der Waals surface area contributed by atoms with E-state index in [0.717, 1.165) is 19.3 Å². The van der Waals surface area contributed by atoms with Crippen molar-refractivity contribution in [2.24, 2.45) is 11.7 Å². The number of nitrogens with two attached hydrogens (primary N) is 1. The van der Waals surface area contributed by atoms with Crippen molar-refractivity contribution in [2.45, 2.75) is 39.5 Å². The number of aryl methyl sites for hydroxylation is 1. The van der Waals surface area contributed by atoms with Crippen LogP contribution < -0.4 is 11.1 Å². The van der Waals surface area contributed by atoms with Crippen LogP contribution in [0.5, 0.6) is 0 Å². The zero-order valence-electron chi connectivity index (χ0n) is 12.1. The summed E-state index contributed by atoms with van der Waals surface area (Å²) in [6.45, 7) is 5.65. The number of benzene rings is 1. The Morgan fingerprint density at radius 3 is 2.84 bits per heavy atom. The molecule has 0 bridgehead atoms. The quantitative estimate of drug-likeness (QED) is 0.756. The van der Waals surface area contributed by atoms with E-state index in [0.29, 0.717) is 25.4 Å². The first-order valence-electron chi connectivity index (χ1n) is 7.14. The van der Waals surface area contributed by atoms with Gasteiger partial charge in [-0.25, -0.2) is 0 Å². The van der Waals surface area contributed by atoms with Crippen molar-refractivity contribution in [1.82, 2.24) is 5.32 Å². The second-order valence-corrected chi connectivity index (χ2v) is 5.31. The normalized spacial score (nSPS) is 12.2. The first-order valence-corrected chi connectivity index (χ1v) is 7.14. The number of nitrogens with one attached hydrogen (secondary N) is 1. The van der Waals surface area contributed by atoms with E-state index in [1.807, 2.05) is 0 Å². The van der Waals surface area contributed by atoms with Crippen LogP contribution in [0.3, 0.4) is 0 Å². The minimum atomic E-state index is 0.150. The maximum atomic E-state index is 11.7. The lowest BCUT2D eigenvalue weighted by molar-refractivity contribution is -0.121. The van der Waals surface area contributed by atoms with Crippen molar-refractivity contribution in [1.29, 1.82) is 0 Å². The monoisotopic (exact) mass is 262 g/mol. The summed E-state index contributed by atoms with van der Waals surface area (Å²) in [6.07, 6.45) is 3.42. The van der Waals surface area contributed by atoms with Crippen molar-refractivity contribution < 1.29 is 4.79 Å². The Labute approximate surface area is 116 Å². The molecule has 0 heterocycles. The molecule has 0 aromatic heterocycles. The molecule has 0 aliphatic carbocycles. The zero-order chi connectivity index (χ0) is 14.1. The van der Waals surface area contributed by atoms with Gasteiger partial charge in [0, 0.05) is 13.0 Å². The maximum absolute atomic E-state index is 11.7. The van der Waals surface area contributed by atoms with Gasteiger partial charge in [0.2, 0.25) is 5.91 Å². The van der Waals surface area contributed by atoms with Crippen molar-refractivity contribution in [3.05, 3.63) is 35.4 Å². The molecule has 1 rings (SSSR count). The van der Waals surface area contributed by atoms with Gasteiger partial charge in [-0.1, -0.05) is 36.8 Å². The van der Waals surface area contributed by atoms with Crippen LogP contribution >= 0.6 is 0 Å². The summed E-state index contributed by atoms with van der Waals surface area (Å²) >= 11 is 0. The zero-order valence-corrected chi connectivity index (χ0v) is 12.1. The van der Waals surface area contributed by atoms with Crippen molar-refractivity contribution in [3.63, 3.8) is 0 Å². The summed E-state index contributed by atoms with van der Waals surface area (Å²) in [5.41, 5.74) is 8.03. The highest BCUT2D eigenvalue weighted by Gasteiger charge is 2.05. The van der Waals surface area contributed by atoms with E-state index in [-0.39, 0.29) is 5.91 Å². The largest absolute Gasteiger partial charge is 0.356 e. The molecule has 3 heteroatoms. The van der Waals surface area contributed by atoms with Gasteiger partial charge < -0.3 is 11.1 Å². The predicted molar refractivity (Wildman–Crippen MR) is 80.0 cm³/mol. The van der Waals surface area contributed by atoms with Gasteiger partial charge in [-0.15, -0.1) is 0 Å². The lowest BCUT2D eigenvalue weighted by atomic mass is 10.0. The predicted octanol–water partition coefficient (Wildman–Crippen LogP) is 2.42. The average Bonchev–Trinajstić information content (AvgIpc) is 2.37. The van der Waals surface area contributed by atoms with Gasteiger partial charge in [0.25, 0.3) is 0 Å². The van der Waals surface area contributed by atoms with Crippen LogP contribution in [-0.2, 0) is 11.2 Å². The van der Waals surface area contributed by atoms with E-state index in [1.54, 1.807) is 0 Å². The molecule has 0 radical (unpaired) electrons. The summed E-state index contributed by atoms with van der Waals surface area (Å²) in [6, 6.07) is 8.40. The molecular weight excluding hydrogens is 236 g/mol. The van der Waals surface area contributed by atoms with Gasteiger partial charge in [-0.2, -0.15) is 0 Å². The van der Waals surface area contributed by atoms with Crippen molar-refractivity contribution >= 4 is 5.91 Å². The Bertz CT molecular complexity index is 390. The van der Waals surface area contributed by atoms with Gasteiger partial charge in [-0.3, -0.25) is 4.79 Å². The fourth-order valence-corrected chi connectivity index (χ4v) is 2.11. The molecule has 1 aromatic rings. The molecule has 19 heavy (non-hydrogen) atoms. The van der Waals surface area contributed by atoms with Crippen LogP contribution in [0.2, 0.25) is 0 Å². The van der Waals surface area contributed by atoms with E-state index < -0.39 is 0 Å². The van der Waals surface area contributed by atoms with Crippen LogP contribution in [0, 0.1) is 12.8 Å². The standard InChI is InChI=1S/C16H26N2O/c1-13(8-10-17)6-7-16(19)18-11-9-15-5-3-4-14(2)12-15/h3-5,12-13H,6-11,17H2,1-2H3,(H,18,19). The summed E-state index contributed by atoms with van der Waals surface area (Å²) in [5.74, 6) is 0.684. The first kappa shape index (κ1) is 15.7. The highest BCUT2D eigenvalue weighted by molar-refractivity contribution is 5.75. The molecular formula is C16H26N2O. The smallest absolute Gasteiger partial charge is 0.220 e. The molecule has 3 N–H and O–H groups in total. The molecule has 0 aliphatic rings. The van der Waals surface area contributed by atoms with Gasteiger partial charge >= 0.3 is 0 Å². The van der Waals surface area contributed by atoms with E-state index in [1.165, 1.54) is 11.1 Å². The van der Waals surface area contributed by atoms with Gasteiger partial charge in [0.15, 0.2) is 0 Å². The Kier molecular flexibility index (Phi) is 7.19. The van der Waals surface area contributed by atoms with E-state index >= 15 is 0 Å². The second kappa shape index (κ2) is 8.70. The van der Waals surface area contributed by atoms with Crippen molar-refractivity contribution in [2.75, 3.05) is 13.1 Å². The van der Waals surface area contributed by atoms with Gasteiger partial charge in [0.1, 0.15) is 0 Å². The van der Waals surface area contributed by atoms with Crippen molar-refractivity contribution in [3.8, 4) is 0 Å². The van der Waals surface area contributed by atoms with Gasteiger partial charge in [0.05, 0.1) is 0 Å². The van der Waals surface area contributed by atoms with Crippen LogP contribution in [0.25, 0.3) is 0 Å². The van der Waals surface area contributed by atoms with E-state index in [9.17, 15) is 4.79 Å². The second-order valence-electron chi connectivity index (χ2n) is 5.31. The number of hydrogen-bond acceptors (Lipinski definition) is 2. The Morgan fingerprint density at radius 2 is 2.16 bits per heavy atom. The highest BCUT2D eigenvalue weighted by atomic mass is 16.1. The number of hydrogen-bond donors (Lipinski definition) is 2. The first-order chi connectivity index (χ1) is 9.11. The van der Waals surface area contributed by atoms with Gasteiger partial charge in [-0.05, 0) is 44.2 Å². The van der Waals surface area contributed by atoms with E-state index in [4.69, 9.17) is 5.73 Å². The maximum Gasteiger partial charge on any atom is 0.220 e. The molecule has 0 aliphatic heterocycles. The molecule has 0 saturated carbocycles. The number of carbonyl (C=O) groups is 1. The Morgan fingerprint density at radius 1 is 1.37 bits per heavy atom. The lowest BCUT2D eigenvalue weighted by Crippen LogP contribution is -2.26. The summed E-state index contributed by atoms with van der Waals surface area (Å²) in [4.78, 5) is 11.7. The van der Waals surface area contributed by atoms with Crippen LogP contribution in [0.4, 0.5) is 0 Å². The van der Waals surface area contributed by atoms with Crippen LogP contribution in [0.15, 0.2) is 24.3 Å². The molecule has 1 aromatic carbocycles. The topological polar surface area (TPSA) is 55.1 Å². The van der Waals surface area contributed by atoms with E-state index in [2.05, 4.69) is 43.4 Å². The minimum absolute atomic E-state index is 0.150. The molecule has 1 amide bonds. The third-order valence-corrected chi connectivity index (χ3v) is 3.34. The third kappa shape index (κ3) is 6.97. The fraction of sp³-hybridized carbons (Fsp3) is 0.562. The lowest BCUT2D eigenvalue weighted by Gasteiger charge is -2.10. The molecule has 1 atom stereocenters. The Balaban J connectivity index is 2.17. The molecule has 0 saturated heterocycles. The molecule has 106 valence electrons. The third-order valence-electron chi connectivity index (χ3n) is 3.34. The van der Waals surface area contributed by atoms with Crippen LogP contribution in [-0.4, -0.2) is 19.0 Å². The molecule has 0 spiro atoms. The average molecular weight is 262 g/mol. The molecule has 1 unspecified atom stereocenters. The number of amides is 1. The number of rotatable bonds is 8. The Hall–Kier alpha value is -1.35. The fourth-order valence-electron chi connectivity index (χ4n) is 2.11. The summed E-state index contributed by atoms with van der Waals surface area (Å²) < 4.78 is 0. The van der Waals surface area contributed by atoms with Crippen LogP contribution in [0.1, 0.15) is 37.3 Å². The highest BCUT2D eigenvalue weighted by Crippen LogP contribution is 2.08. The summed E-state index contributed by atoms with van der Waals surface area (Å²) in [5, 5.41) is 2.98. The minimum Gasteiger partial charge on any atom is -0.356 e.